The molecular weight excluding hydrogens is 354 g/mol. The molecule has 2 rings (SSSR count). The molecule has 0 N–H and O–H groups in total. The fourth-order valence-electron chi connectivity index (χ4n) is 2.76. The molecule has 0 saturated heterocycles. The monoisotopic (exact) mass is 369 g/mol. The normalized spacial score (nSPS) is 24.4. The molecule has 1 nitrogen and oxygen atoms in total. The van der Waals surface area contributed by atoms with Crippen LogP contribution in [0.25, 0.3) is 0 Å². The van der Waals surface area contributed by atoms with Gasteiger partial charge in [0.25, 0.3) is 0 Å². The molecule has 0 radical (unpaired) electrons. The quantitative estimate of drug-likeness (QED) is 0.684. The van der Waals surface area contributed by atoms with Crippen molar-refractivity contribution in [1.82, 2.24) is 4.57 Å². The number of allylic oxidation sites excluding steroid dienone is 1. The molecule has 96 valence electrons. The van der Waals surface area contributed by atoms with Gasteiger partial charge in [-0.25, -0.2) is 0 Å². The van der Waals surface area contributed by atoms with Gasteiger partial charge >= 0.3 is 0 Å². The van der Waals surface area contributed by atoms with E-state index in [2.05, 4.69) is 80.6 Å². The van der Waals surface area contributed by atoms with Crippen molar-refractivity contribution in [2.75, 3.05) is 0 Å². The van der Waals surface area contributed by atoms with Gasteiger partial charge in [0, 0.05) is 11.9 Å². The Bertz CT molecular complexity index is 501. The van der Waals surface area contributed by atoms with E-state index in [0.717, 1.165) is 9.81 Å². The number of aromatic nitrogens is 1. The second kappa shape index (κ2) is 5.27. The van der Waals surface area contributed by atoms with Crippen LogP contribution in [-0.4, -0.2) is 4.57 Å². The molecule has 0 aromatic carbocycles. The van der Waals surface area contributed by atoms with Crippen molar-refractivity contribution in [3.05, 3.63) is 33.5 Å². The summed E-state index contributed by atoms with van der Waals surface area (Å²) in [5.74, 6) is 4.02. The highest BCUT2D eigenvalue weighted by Gasteiger charge is 2.55. The number of hydrogen-bond acceptors (Lipinski definition) is 0. The zero-order valence-corrected chi connectivity index (χ0v) is 13.8. The van der Waals surface area contributed by atoms with E-state index in [9.17, 15) is 0 Å². The highest BCUT2D eigenvalue weighted by atomic mass is 79.9. The molecule has 1 aromatic rings. The number of rotatable bonds is 4. The van der Waals surface area contributed by atoms with Gasteiger partial charge in [-0.2, -0.15) is 0 Å². The van der Waals surface area contributed by atoms with Crippen LogP contribution >= 0.6 is 31.9 Å². The number of terminal acetylenes is 1. The average molecular weight is 371 g/mol. The second-order valence-corrected chi connectivity index (χ2v) is 8.22. The molecule has 0 unspecified atom stereocenters. The van der Waals surface area contributed by atoms with E-state index in [0.29, 0.717) is 23.8 Å². The third-order valence-corrected chi connectivity index (χ3v) is 4.59. The van der Waals surface area contributed by atoms with Crippen LogP contribution in [0, 0.1) is 29.6 Å². The molecule has 18 heavy (non-hydrogen) atoms. The van der Waals surface area contributed by atoms with Crippen LogP contribution in [0.4, 0.5) is 0 Å². The average Bonchev–Trinajstić information content (AvgIpc) is 2.64. The lowest BCUT2D eigenvalue weighted by atomic mass is 10.1. The van der Waals surface area contributed by atoms with Crippen molar-refractivity contribution >= 4 is 31.9 Å². The van der Waals surface area contributed by atoms with E-state index in [1.165, 1.54) is 5.69 Å². The van der Waals surface area contributed by atoms with E-state index in [1.54, 1.807) is 0 Å². The van der Waals surface area contributed by atoms with Crippen LogP contribution in [0.5, 0.6) is 0 Å². The highest BCUT2D eigenvalue weighted by Crippen LogP contribution is 2.61. The molecule has 1 aliphatic rings. The first-order chi connectivity index (χ1) is 8.46. The molecular formula is C15H17Br2N. The predicted octanol–water partition coefficient (Wildman–Crippen LogP) is 4.57. The lowest BCUT2D eigenvalue weighted by molar-refractivity contribution is 0.540. The Balaban J connectivity index is 2.09. The summed E-state index contributed by atoms with van der Waals surface area (Å²) in [5, 5.41) is 0. The summed E-state index contributed by atoms with van der Waals surface area (Å²) in [5.41, 5.74) is 1.71. The number of hydrogen-bond donors (Lipinski definition) is 0. The van der Waals surface area contributed by atoms with Gasteiger partial charge in [-0.15, -0.1) is 6.42 Å². The molecule has 1 heterocycles. The minimum absolute atomic E-state index is 0.373. The van der Waals surface area contributed by atoms with Crippen LogP contribution in [-0.2, 0) is 13.0 Å². The van der Waals surface area contributed by atoms with Crippen LogP contribution in [0.15, 0.2) is 27.8 Å². The van der Waals surface area contributed by atoms with Crippen molar-refractivity contribution in [2.45, 2.75) is 26.8 Å². The molecule has 0 spiro atoms. The molecule has 0 aliphatic heterocycles. The summed E-state index contributed by atoms with van der Waals surface area (Å²) in [7, 11) is 0. The van der Waals surface area contributed by atoms with Crippen molar-refractivity contribution in [1.29, 1.82) is 0 Å². The first-order valence-corrected chi connectivity index (χ1v) is 7.65. The van der Waals surface area contributed by atoms with Gasteiger partial charge in [0.1, 0.15) is 0 Å². The summed E-state index contributed by atoms with van der Waals surface area (Å²) in [6.07, 6.45) is 10.8. The van der Waals surface area contributed by atoms with Gasteiger partial charge in [0.05, 0.1) is 9.94 Å². The summed E-state index contributed by atoms with van der Waals surface area (Å²) >= 11 is 6.91. The summed E-state index contributed by atoms with van der Waals surface area (Å²) in [4.78, 5) is 0. The Morgan fingerprint density at radius 1 is 1.56 bits per heavy atom. The first kappa shape index (κ1) is 14.0. The predicted molar refractivity (Wildman–Crippen MR) is 83.7 cm³/mol. The van der Waals surface area contributed by atoms with Crippen LogP contribution < -0.4 is 0 Å². The van der Waals surface area contributed by atoms with E-state index >= 15 is 0 Å². The molecule has 1 saturated carbocycles. The van der Waals surface area contributed by atoms with E-state index in [1.807, 2.05) is 0 Å². The minimum atomic E-state index is 0.373. The number of nitrogens with zero attached hydrogens (tertiary/aromatic N) is 1. The maximum absolute atomic E-state index is 5.39. The van der Waals surface area contributed by atoms with Gasteiger partial charge in [-0.3, -0.25) is 0 Å². The largest absolute Gasteiger partial charge is 0.340 e. The van der Waals surface area contributed by atoms with Gasteiger partial charge in [-0.05, 0) is 67.7 Å². The van der Waals surface area contributed by atoms with Crippen molar-refractivity contribution < 1.29 is 0 Å². The first-order valence-electron chi connectivity index (χ1n) is 6.07. The Hall–Kier alpha value is -0.460. The Labute approximate surface area is 126 Å². The van der Waals surface area contributed by atoms with Crippen molar-refractivity contribution in [3.63, 3.8) is 0 Å². The van der Waals surface area contributed by atoms with Crippen molar-refractivity contribution in [2.24, 2.45) is 17.3 Å². The smallest absolute Gasteiger partial charge is 0.0831 e. The maximum Gasteiger partial charge on any atom is 0.0831 e. The lowest BCUT2D eigenvalue weighted by Crippen LogP contribution is -2.03. The van der Waals surface area contributed by atoms with E-state index < -0.39 is 0 Å². The van der Waals surface area contributed by atoms with Crippen LogP contribution in [0.1, 0.15) is 19.5 Å². The SMILES string of the molecule is C#CCn1cccc1C[C@@H]1[C@H](C=C(Br)Br)C1(C)C. The van der Waals surface area contributed by atoms with Crippen LogP contribution in [0.2, 0.25) is 0 Å². The Morgan fingerprint density at radius 2 is 2.28 bits per heavy atom. The van der Waals surface area contributed by atoms with Crippen molar-refractivity contribution in [3.8, 4) is 12.3 Å². The Morgan fingerprint density at radius 3 is 2.89 bits per heavy atom. The topological polar surface area (TPSA) is 4.93 Å². The van der Waals surface area contributed by atoms with Gasteiger partial charge in [-0.1, -0.05) is 25.8 Å². The number of halogens is 2. The van der Waals surface area contributed by atoms with Gasteiger partial charge in [0.15, 0.2) is 0 Å². The lowest BCUT2D eigenvalue weighted by Gasteiger charge is -2.06. The molecule has 1 aromatic heterocycles. The molecule has 1 fully saturated rings. The molecule has 1 aliphatic carbocycles. The fourth-order valence-corrected chi connectivity index (χ4v) is 3.33. The highest BCUT2D eigenvalue weighted by molar-refractivity contribution is 9.28. The summed E-state index contributed by atoms with van der Waals surface area (Å²) in [6.45, 7) is 5.32. The third-order valence-electron chi connectivity index (χ3n) is 4.06. The second-order valence-electron chi connectivity index (χ2n) is 5.45. The summed E-state index contributed by atoms with van der Waals surface area (Å²) < 4.78 is 3.22. The molecule has 2 atom stereocenters. The Kier molecular flexibility index (Phi) is 4.08. The van der Waals surface area contributed by atoms with Crippen LogP contribution in [0.3, 0.4) is 0 Å². The zero-order chi connectivity index (χ0) is 13.3. The standard InChI is InChI=1S/C15H17Br2N/c1-4-7-18-8-5-6-11(18)9-12-13(10-14(16)17)15(12,2)3/h1,5-6,8,10,12-13H,7,9H2,2-3H3/t12-,13+/m1/s1. The molecule has 3 heteroatoms. The van der Waals surface area contributed by atoms with E-state index in [4.69, 9.17) is 6.42 Å². The van der Waals surface area contributed by atoms with Gasteiger partial charge in [0.2, 0.25) is 0 Å². The fraction of sp³-hybridized carbons (Fsp3) is 0.467. The summed E-state index contributed by atoms with van der Waals surface area (Å²) in [6, 6.07) is 4.25. The zero-order valence-electron chi connectivity index (χ0n) is 10.7. The minimum Gasteiger partial charge on any atom is -0.340 e. The van der Waals surface area contributed by atoms with Gasteiger partial charge < -0.3 is 4.57 Å². The van der Waals surface area contributed by atoms with E-state index in [-0.39, 0.29) is 0 Å². The molecule has 0 bridgehead atoms. The maximum atomic E-state index is 5.39. The molecule has 0 amide bonds. The third kappa shape index (κ3) is 2.75.